The summed E-state index contributed by atoms with van der Waals surface area (Å²) in [5.74, 6) is -0.683. The van der Waals surface area contributed by atoms with Gasteiger partial charge in [0.1, 0.15) is 6.04 Å². The van der Waals surface area contributed by atoms with Gasteiger partial charge in [0.15, 0.2) is 5.58 Å². The number of fused-ring (bicyclic) bond motifs is 1. The molecule has 1 aliphatic rings. The van der Waals surface area contributed by atoms with Gasteiger partial charge in [-0.2, -0.15) is 4.72 Å². The smallest absolute Gasteiger partial charge is 0.408 e. The SMILES string of the molecule is CC(C)C[C@H](NS(=O)(=O)c1ccc2[nH]c(=O)oc2c1)C(=O)N1CCCC1. The van der Waals surface area contributed by atoms with Gasteiger partial charge in [-0.1, -0.05) is 13.8 Å². The van der Waals surface area contributed by atoms with Crippen molar-refractivity contribution < 1.29 is 17.6 Å². The summed E-state index contributed by atoms with van der Waals surface area (Å²) in [6, 6.07) is 3.31. The van der Waals surface area contributed by atoms with Crippen molar-refractivity contribution in [2.45, 2.75) is 44.0 Å². The van der Waals surface area contributed by atoms with Crippen LogP contribution in [0.25, 0.3) is 11.1 Å². The zero-order chi connectivity index (χ0) is 18.9. The van der Waals surface area contributed by atoms with E-state index in [1.807, 2.05) is 13.8 Å². The molecule has 0 radical (unpaired) electrons. The highest BCUT2D eigenvalue weighted by atomic mass is 32.2. The lowest BCUT2D eigenvalue weighted by Gasteiger charge is -2.25. The maximum absolute atomic E-state index is 12.8. The van der Waals surface area contributed by atoms with E-state index in [1.54, 1.807) is 4.90 Å². The van der Waals surface area contributed by atoms with Gasteiger partial charge in [-0.25, -0.2) is 13.2 Å². The van der Waals surface area contributed by atoms with Crippen LogP contribution >= 0.6 is 0 Å². The van der Waals surface area contributed by atoms with E-state index in [2.05, 4.69) is 9.71 Å². The third kappa shape index (κ3) is 3.99. The molecule has 0 saturated carbocycles. The predicted molar refractivity (Wildman–Crippen MR) is 96.2 cm³/mol. The van der Waals surface area contributed by atoms with E-state index in [9.17, 15) is 18.0 Å². The first-order valence-corrected chi connectivity index (χ1v) is 10.2. The number of carbonyl (C=O) groups excluding carboxylic acids is 1. The summed E-state index contributed by atoms with van der Waals surface area (Å²) < 4.78 is 33.0. The van der Waals surface area contributed by atoms with Crippen LogP contribution in [0.3, 0.4) is 0 Å². The number of nitrogens with zero attached hydrogens (tertiary/aromatic N) is 1. The van der Waals surface area contributed by atoms with Gasteiger partial charge in [0.05, 0.1) is 10.4 Å². The van der Waals surface area contributed by atoms with Crippen LogP contribution in [-0.4, -0.2) is 43.3 Å². The normalized spacial score (nSPS) is 16.5. The van der Waals surface area contributed by atoms with Gasteiger partial charge >= 0.3 is 5.76 Å². The Morgan fingerprint density at radius 3 is 2.65 bits per heavy atom. The van der Waals surface area contributed by atoms with Crippen molar-refractivity contribution in [3.8, 4) is 0 Å². The Morgan fingerprint density at radius 2 is 2.00 bits per heavy atom. The molecule has 1 amide bonds. The van der Waals surface area contributed by atoms with E-state index < -0.39 is 21.8 Å². The second-order valence-corrected chi connectivity index (χ2v) is 8.72. The van der Waals surface area contributed by atoms with E-state index in [0.29, 0.717) is 25.0 Å². The lowest BCUT2D eigenvalue weighted by atomic mass is 10.0. The molecule has 0 spiro atoms. The number of nitrogens with one attached hydrogen (secondary N) is 2. The van der Waals surface area contributed by atoms with Crippen molar-refractivity contribution in [2.24, 2.45) is 5.92 Å². The molecule has 142 valence electrons. The molecule has 1 fully saturated rings. The van der Waals surface area contributed by atoms with Crippen LogP contribution in [0.15, 0.2) is 32.3 Å². The van der Waals surface area contributed by atoms with Gasteiger partial charge in [0.2, 0.25) is 15.9 Å². The number of hydrogen-bond acceptors (Lipinski definition) is 5. The van der Waals surface area contributed by atoms with Crippen LogP contribution in [0.2, 0.25) is 0 Å². The van der Waals surface area contributed by atoms with Crippen LogP contribution in [-0.2, 0) is 14.8 Å². The molecule has 1 saturated heterocycles. The number of amides is 1. The van der Waals surface area contributed by atoms with Crippen molar-refractivity contribution in [1.82, 2.24) is 14.6 Å². The minimum atomic E-state index is -3.94. The number of rotatable bonds is 6. The van der Waals surface area contributed by atoms with Crippen LogP contribution in [0.5, 0.6) is 0 Å². The Morgan fingerprint density at radius 1 is 1.31 bits per heavy atom. The summed E-state index contributed by atoms with van der Waals surface area (Å²) >= 11 is 0. The first-order chi connectivity index (χ1) is 12.3. The van der Waals surface area contributed by atoms with Gasteiger partial charge in [0, 0.05) is 19.2 Å². The molecule has 2 aromatic rings. The number of oxazole rings is 1. The molecule has 0 unspecified atom stereocenters. The first-order valence-electron chi connectivity index (χ1n) is 8.70. The molecular weight excluding hydrogens is 358 g/mol. The summed E-state index contributed by atoms with van der Waals surface area (Å²) in [5, 5.41) is 0. The Balaban J connectivity index is 1.87. The third-order valence-corrected chi connectivity index (χ3v) is 5.89. The molecule has 8 nitrogen and oxygen atoms in total. The van der Waals surface area contributed by atoms with E-state index in [0.717, 1.165) is 12.8 Å². The Hall–Kier alpha value is -2.13. The van der Waals surface area contributed by atoms with E-state index in [4.69, 9.17) is 4.42 Å². The fourth-order valence-electron chi connectivity index (χ4n) is 3.18. The number of likely N-dealkylation sites (tertiary alicyclic amines) is 1. The molecule has 1 aliphatic heterocycles. The minimum absolute atomic E-state index is 0.0456. The number of H-pyrrole nitrogens is 1. The molecule has 3 rings (SSSR count). The van der Waals surface area contributed by atoms with Crippen molar-refractivity contribution in [1.29, 1.82) is 0 Å². The second kappa shape index (κ2) is 7.24. The highest BCUT2D eigenvalue weighted by Gasteiger charge is 2.31. The van der Waals surface area contributed by atoms with Gasteiger partial charge in [-0.3, -0.25) is 9.78 Å². The topological polar surface area (TPSA) is 112 Å². The lowest BCUT2D eigenvalue weighted by molar-refractivity contribution is -0.132. The van der Waals surface area contributed by atoms with Gasteiger partial charge in [-0.15, -0.1) is 0 Å². The summed E-state index contributed by atoms with van der Waals surface area (Å²) in [6.07, 6.45) is 2.29. The summed E-state index contributed by atoms with van der Waals surface area (Å²) in [4.78, 5) is 28.1. The van der Waals surface area contributed by atoms with Crippen molar-refractivity contribution >= 4 is 27.0 Å². The number of sulfonamides is 1. The van der Waals surface area contributed by atoms with Gasteiger partial charge in [-0.05, 0) is 37.3 Å². The largest absolute Gasteiger partial charge is 0.417 e. The van der Waals surface area contributed by atoms with Crippen LogP contribution in [0, 0.1) is 5.92 Å². The fraction of sp³-hybridized carbons (Fsp3) is 0.529. The molecule has 1 aromatic heterocycles. The maximum Gasteiger partial charge on any atom is 0.417 e. The number of aromatic amines is 1. The Kier molecular flexibility index (Phi) is 5.19. The lowest BCUT2D eigenvalue weighted by Crippen LogP contribution is -2.48. The van der Waals surface area contributed by atoms with Crippen molar-refractivity contribution in [2.75, 3.05) is 13.1 Å². The monoisotopic (exact) mass is 381 g/mol. The highest BCUT2D eigenvalue weighted by Crippen LogP contribution is 2.19. The second-order valence-electron chi connectivity index (χ2n) is 7.01. The molecule has 9 heteroatoms. The zero-order valence-corrected chi connectivity index (χ0v) is 15.6. The third-order valence-electron chi connectivity index (χ3n) is 4.42. The number of aromatic nitrogens is 1. The Bertz CT molecular complexity index is 954. The summed E-state index contributed by atoms with van der Waals surface area (Å²) in [5.41, 5.74) is 0.574. The quantitative estimate of drug-likeness (QED) is 0.786. The molecule has 0 aliphatic carbocycles. The number of hydrogen-bond donors (Lipinski definition) is 2. The molecule has 1 aromatic carbocycles. The molecule has 2 heterocycles. The first kappa shape index (κ1) is 18.7. The molecular formula is C17H23N3O5S. The van der Waals surface area contributed by atoms with Crippen molar-refractivity contribution in [3.05, 3.63) is 28.7 Å². The van der Waals surface area contributed by atoms with Gasteiger partial charge < -0.3 is 9.32 Å². The molecule has 0 bridgehead atoms. The number of carbonyl (C=O) groups is 1. The van der Waals surface area contributed by atoms with E-state index in [-0.39, 0.29) is 22.3 Å². The molecule has 26 heavy (non-hydrogen) atoms. The average molecular weight is 381 g/mol. The van der Waals surface area contributed by atoms with E-state index >= 15 is 0 Å². The standard InChI is InChI=1S/C17H23N3O5S/c1-11(2)9-14(16(21)20-7-3-4-8-20)19-26(23,24)12-5-6-13-15(10-12)25-17(22)18-13/h5-6,10-11,14,19H,3-4,7-9H2,1-2H3,(H,18,22)/t14-/m0/s1. The van der Waals surface area contributed by atoms with Crippen LogP contribution < -0.4 is 10.5 Å². The Labute approximate surface area is 151 Å². The zero-order valence-electron chi connectivity index (χ0n) is 14.8. The van der Waals surface area contributed by atoms with E-state index in [1.165, 1.54) is 18.2 Å². The summed E-state index contributed by atoms with van der Waals surface area (Å²) in [6.45, 7) is 5.21. The predicted octanol–water partition coefficient (Wildman–Crippen LogP) is 1.44. The fourth-order valence-corrected chi connectivity index (χ4v) is 4.39. The van der Waals surface area contributed by atoms with Gasteiger partial charge in [0.25, 0.3) is 0 Å². The maximum atomic E-state index is 12.8. The average Bonchev–Trinajstić information content (AvgIpc) is 3.20. The number of benzene rings is 1. The van der Waals surface area contributed by atoms with Crippen molar-refractivity contribution in [3.63, 3.8) is 0 Å². The summed E-state index contributed by atoms with van der Waals surface area (Å²) in [7, 11) is -3.94. The highest BCUT2D eigenvalue weighted by molar-refractivity contribution is 7.89. The molecule has 1 atom stereocenters. The van der Waals surface area contributed by atoms with Crippen LogP contribution in [0.1, 0.15) is 33.1 Å². The minimum Gasteiger partial charge on any atom is -0.408 e. The van der Waals surface area contributed by atoms with Crippen LogP contribution in [0.4, 0.5) is 0 Å². The molecule has 2 N–H and O–H groups in total.